The van der Waals surface area contributed by atoms with E-state index in [-0.39, 0.29) is 0 Å². The van der Waals surface area contributed by atoms with E-state index in [4.69, 9.17) is 4.98 Å². The van der Waals surface area contributed by atoms with Crippen LogP contribution in [0.2, 0.25) is 0 Å². The molecule has 4 atom stereocenters. The van der Waals surface area contributed by atoms with Gasteiger partial charge in [-0.15, -0.1) is 0 Å². The zero-order valence-electron chi connectivity index (χ0n) is 24.4. The molecule has 0 spiro atoms. The summed E-state index contributed by atoms with van der Waals surface area (Å²) >= 11 is 0. The van der Waals surface area contributed by atoms with Crippen molar-refractivity contribution in [3.8, 4) is 0 Å². The van der Waals surface area contributed by atoms with Crippen LogP contribution >= 0.6 is 0 Å². The number of hydrogen-bond acceptors (Lipinski definition) is 1. The zero-order chi connectivity index (χ0) is 25.7. The van der Waals surface area contributed by atoms with Gasteiger partial charge < -0.3 is 0 Å². The Morgan fingerprint density at radius 3 is 2.00 bits per heavy atom. The predicted molar refractivity (Wildman–Crippen MR) is 154 cm³/mol. The minimum Gasteiger partial charge on any atom is -0.257 e. The molecule has 3 rings (SSSR count). The first-order valence-corrected chi connectivity index (χ1v) is 14.8. The molecule has 0 N–H and O–H groups in total. The number of hydrogen-bond donors (Lipinski definition) is 0. The molecule has 0 bridgehead atoms. The van der Waals surface area contributed by atoms with Gasteiger partial charge in [0.25, 0.3) is 0 Å². The lowest BCUT2D eigenvalue weighted by Crippen LogP contribution is -2.25. The van der Waals surface area contributed by atoms with Gasteiger partial charge in [-0.2, -0.15) is 0 Å². The molecule has 0 radical (unpaired) electrons. The highest BCUT2D eigenvalue weighted by Gasteiger charge is 2.27. The molecule has 1 heterocycles. The van der Waals surface area contributed by atoms with Crippen molar-refractivity contribution in [2.45, 2.75) is 131 Å². The minimum atomic E-state index is 0.426. The summed E-state index contributed by atoms with van der Waals surface area (Å²) in [6.45, 7) is 21.3. The molecule has 4 unspecified atom stereocenters. The Morgan fingerprint density at radius 2 is 1.46 bits per heavy atom. The van der Waals surface area contributed by atoms with E-state index in [1.165, 1.54) is 48.2 Å². The van der Waals surface area contributed by atoms with Crippen LogP contribution in [-0.4, -0.2) is 4.98 Å². The number of nitrogens with zero attached hydrogens (tertiary/aromatic N) is 1. The standard InChI is InChI=1S/C34H53N/c1-10-28-20-27(21-29(11-2)33(28)23(5)6)18-26(9)34-31(22(3)4)17-16-30(35-34)19-25(8)32-15-13-12-14-24(32)7/h16-17,20-26,32H,10-15,18-19H2,1-9H3. The van der Waals surface area contributed by atoms with Crippen LogP contribution in [0.25, 0.3) is 0 Å². The molecule has 1 heteroatoms. The number of aryl methyl sites for hydroxylation is 2. The van der Waals surface area contributed by atoms with E-state index in [0.29, 0.717) is 23.7 Å². The molecule has 194 valence electrons. The maximum atomic E-state index is 5.38. The molecule has 1 aliphatic carbocycles. The van der Waals surface area contributed by atoms with E-state index in [2.05, 4.69) is 86.6 Å². The fourth-order valence-corrected chi connectivity index (χ4v) is 6.94. The van der Waals surface area contributed by atoms with Crippen LogP contribution in [0, 0.1) is 17.8 Å². The third kappa shape index (κ3) is 6.78. The summed E-state index contributed by atoms with van der Waals surface area (Å²) in [5.74, 6) is 3.96. The second-order valence-corrected chi connectivity index (χ2v) is 12.3. The average Bonchev–Trinajstić information content (AvgIpc) is 2.83. The molecule has 1 aliphatic rings. The van der Waals surface area contributed by atoms with Gasteiger partial charge in [0.1, 0.15) is 0 Å². The Morgan fingerprint density at radius 1 is 0.829 bits per heavy atom. The minimum absolute atomic E-state index is 0.426. The Bertz CT molecular complexity index is 928. The van der Waals surface area contributed by atoms with Gasteiger partial charge in [0.15, 0.2) is 0 Å². The molecule has 1 nitrogen and oxygen atoms in total. The van der Waals surface area contributed by atoms with Gasteiger partial charge in [0.05, 0.1) is 0 Å². The molecule has 0 aliphatic heterocycles. The Balaban J connectivity index is 1.87. The molecule has 2 aromatic rings. The summed E-state index contributed by atoms with van der Waals surface area (Å²) in [6.07, 6.45) is 10.1. The van der Waals surface area contributed by atoms with Crippen LogP contribution in [0.1, 0.15) is 145 Å². The van der Waals surface area contributed by atoms with E-state index >= 15 is 0 Å². The van der Waals surface area contributed by atoms with Crippen LogP contribution in [-0.2, 0) is 25.7 Å². The Labute approximate surface area is 217 Å². The largest absolute Gasteiger partial charge is 0.257 e. The smallest absolute Gasteiger partial charge is 0.0472 e. The Kier molecular flexibility index (Phi) is 10.0. The van der Waals surface area contributed by atoms with Gasteiger partial charge in [-0.1, -0.05) is 99.8 Å². The first kappa shape index (κ1) is 27.9. The van der Waals surface area contributed by atoms with Crippen molar-refractivity contribution < 1.29 is 0 Å². The SMILES string of the molecule is CCc1cc(CC(C)c2nc(CC(C)C3CCCCC3C)ccc2C(C)C)cc(CC)c1C(C)C. The molecule has 0 saturated heterocycles. The third-order valence-electron chi connectivity index (χ3n) is 8.84. The summed E-state index contributed by atoms with van der Waals surface area (Å²) in [4.78, 5) is 5.38. The van der Waals surface area contributed by atoms with Crippen molar-refractivity contribution in [2.24, 2.45) is 17.8 Å². The van der Waals surface area contributed by atoms with E-state index in [1.54, 1.807) is 16.7 Å². The molecule has 1 aromatic heterocycles. The highest BCUT2D eigenvalue weighted by Crippen LogP contribution is 2.37. The van der Waals surface area contributed by atoms with Crippen molar-refractivity contribution in [3.05, 3.63) is 63.5 Å². The summed E-state index contributed by atoms with van der Waals surface area (Å²) in [7, 11) is 0. The van der Waals surface area contributed by atoms with Crippen LogP contribution in [0.5, 0.6) is 0 Å². The summed E-state index contributed by atoms with van der Waals surface area (Å²) in [5, 5.41) is 0. The van der Waals surface area contributed by atoms with Crippen molar-refractivity contribution >= 4 is 0 Å². The number of rotatable bonds is 10. The van der Waals surface area contributed by atoms with E-state index in [1.807, 2.05) is 0 Å². The number of aromatic nitrogens is 1. The van der Waals surface area contributed by atoms with Gasteiger partial charge in [-0.3, -0.25) is 4.98 Å². The first-order chi connectivity index (χ1) is 16.7. The van der Waals surface area contributed by atoms with Crippen molar-refractivity contribution in [1.29, 1.82) is 0 Å². The molecule has 1 saturated carbocycles. The van der Waals surface area contributed by atoms with E-state index in [9.17, 15) is 0 Å². The monoisotopic (exact) mass is 475 g/mol. The molecule has 35 heavy (non-hydrogen) atoms. The normalized spacial score (nSPS) is 20.4. The highest BCUT2D eigenvalue weighted by atomic mass is 14.7. The number of benzene rings is 1. The van der Waals surface area contributed by atoms with Gasteiger partial charge in [0.2, 0.25) is 0 Å². The van der Waals surface area contributed by atoms with Crippen molar-refractivity contribution in [3.63, 3.8) is 0 Å². The fraction of sp³-hybridized carbons (Fsp3) is 0.676. The lowest BCUT2D eigenvalue weighted by molar-refractivity contribution is 0.183. The molecular weight excluding hydrogens is 422 g/mol. The summed E-state index contributed by atoms with van der Waals surface area (Å²) in [5.41, 5.74) is 10.2. The van der Waals surface area contributed by atoms with Gasteiger partial charge in [-0.05, 0) is 95.6 Å². The van der Waals surface area contributed by atoms with Gasteiger partial charge in [0, 0.05) is 17.3 Å². The summed E-state index contributed by atoms with van der Waals surface area (Å²) < 4.78 is 0. The van der Waals surface area contributed by atoms with E-state index < -0.39 is 0 Å². The van der Waals surface area contributed by atoms with Crippen molar-refractivity contribution in [1.82, 2.24) is 4.98 Å². The maximum absolute atomic E-state index is 5.38. The third-order valence-corrected chi connectivity index (χ3v) is 8.84. The molecule has 1 aromatic carbocycles. The second-order valence-electron chi connectivity index (χ2n) is 12.3. The first-order valence-electron chi connectivity index (χ1n) is 14.8. The predicted octanol–water partition coefficient (Wildman–Crippen LogP) is 9.80. The zero-order valence-corrected chi connectivity index (χ0v) is 24.4. The van der Waals surface area contributed by atoms with Crippen LogP contribution in [0.3, 0.4) is 0 Å². The second kappa shape index (κ2) is 12.6. The fourth-order valence-electron chi connectivity index (χ4n) is 6.94. The lowest BCUT2D eigenvalue weighted by Gasteiger charge is -2.33. The number of pyridine rings is 1. The van der Waals surface area contributed by atoms with E-state index in [0.717, 1.165) is 37.5 Å². The lowest BCUT2D eigenvalue weighted by atomic mass is 9.72. The molecule has 1 fully saturated rings. The highest BCUT2D eigenvalue weighted by molar-refractivity contribution is 5.42. The average molecular weight is 476 g/mol. The molecular formula is C34H53N. The topological polar surface area (TPSA) is 12.9 Å². The summed E-state index contributed by atoms with van der Waals surface area (Å²) in [6, 6.07) is 9.72. The van der Waals surface area contributed by atoms with Gasteiger partial charge in [-0.25, -0.2) is 0 Å². The van der Waals surface area contributed by atoms with Crippen molar-refractivity contribution in [2.75, 3.05) is 0 Å². The Hall–Kier alpha value is -1.63. The molecule has 0 amide bonds. The van der Waals surface area contributed by atoms with Gasteiger partial charge >= 0.3 is 0 Å². The van der Waals surface area contributed by atoms with Crippen LogP contribution < -0.4 is 0 Å². The quantitative estimate of drug-likeness (QED) is 0.333. The maximum Gasteiger partial charge on any atom is 0.0472 e. The van der Waals surface area contributed by atoms with Crippen LogP contribution in [0.4, 0.5) is 0 Å². The van der Waals surface area contributed by atoms with Crippen LogP contribution in [0.15, 0.2) is 24.3 Å².